The van der Waals surface area contributed by atoms with E-state index in [2.05, 4.69) is 40.7 Å². The van der Waals surface area contributed by atoms with Crippen LogP contribution in [0.25, 0.3) is 0 Å². The van der Waals surface area contributed by atoms with Crippen molar-refractivity contribution in [2.24, 2.45) is 5.73 Å². The second-order valence-corrected chi connectivity index (χ2v) is 6.00. The van der Waals surface area contributed by atoms with Gasteiger partial charge in [-0.05, 0) is 30.9 Å². The average molecular weight is 343 g/mol. The maximum Gasteiger partial charge on any atom is 0.0558 e. The molecular formula is C16H27BrN2O. The van der Waals surface area contributed by atoms with E-state index in [9.17, 15) is 5.11 Å². The monoisotopic (exact) mass is 342 g/mol. The van der Waals surface area contributed by atoms with Crippen LogP contribution in [0.2, 0.25) is 0 Å². The van der Waals surface area contributed by atoms with Gasteiger partial charge in [-0.1, -0.05) is 48.0 Å². The van der Waals surface area contributed by atoms with E-state index in [0.29, 0.717) is 6.04 Å². The third-order valence-electron chi connectivity index (χ3n) is 3.88. The molecule has 0 bridgehead atoms. The third-order valence-corrected chi connectivity index (χ3v) is 4.60. The first kappa shape index (κ1) is 17.6. The maximum absolute atomic E-state index is 9.22. The van der Waals surface area contributed by atoms with Crippen LogP contribution < -0.4 is 5.73 Å². The Labute approximate surface area is 131 Å². The van der Waals surface area contributed by atoms with Gasteiger partial charge in [0.25, 0.3) is 0 Å². The Kier molecular flexibility index (Phi) is 8.38. The quantitative estimate of drug-likeness (QED) is 0.723. The van der Waals surface area contributed by atoms with Crippen LogP contribution in [-0.4, -0.2) is 35.7 Å². The molecule has 1 aromatic carbocycles. The number of hydrogen-bond acceptors (Lipinski definition) is 3. The fourth-order valence-corrected chi connectivity index (χ4v) is 3.23. The average Bonchev–Trinajstić information content (AvgIpc) is 2.46. The Balaban J connectivity index is 2.60. The predicted octanol–water partition coefficient (Wildman–Crippen LogP) is 3.32. The summed E-state index contributed by atoms with van der Waals surface area (Å²) in [5.74, 6) is 0. The van der Waals surface area contributed by atoms with E-state index in [4.69, 9.17) is 5.73 Å². The van der Waals surface area contributed by atoms with Crippen LogP contribution >= 0.6 is 15.9 Å². The lowest BCUT2D eigenvalue weighted by molar-refractivity contribution is 0.139. The summed E-state index contributed by atoms with van der Waals surface area (Å²) >= 11 is 3.56. The molecule has 0 aliphatic heterocycles. The Morgan fingerprint density at radius 2 is 1.85 bits per heavy atom. The highest BCUT2D eigenvalue weighted by molar-refractivity contribution is 9.10. The van der Waals surface area contributed by atoms with Gasteiger partial charge in [0.15, 0.2) is 0 Å². The van der Waals surface area contributed by atoms with E-state index >= 15 is 0 Å². The van der Waals surface area contributed by atoms with Gasteiger partial charge < -0.3 is 10.8 Å². The summed E-state index contributed by atoms with van der Waals surface area (Å²) in [7, 11) is 0. The molecule has 20 heavy (non-hydrogen) atoms. The molecule has 0 amide bonds. The second-order valence-electron chi connectivity index (χ2n) is 5.15. The number of hydrogen-bond donors (Lipinski definition) is 2. The molecule has 3 N–H and O–H groups in total. The van der Waals surface area contributed by atoms with Crippen LogP contribution in [0, 0.1) is 0 Å². The standard InChI is InChI=1S/C16H27BrN2O/c1-3-13(4-2)19(11-12-20)10-9-16(18)14-7-5-6-8-15(14)17/h5-8,13,16,20H,3-4,9-12,18H2,1-2H3. The van der Waals surface area contributed by atoms with Crippen molar-refractivity contribution in [3.63, 3.8) is 0 Å². The van der Waals surface area contributed by atoms with E-state index in [1.807, 2.05) is 18.2 Å². The molecule has 1 unspecified atom stereocenters. The minimum atomic E-state index is 0.0288. The number of nitrogens with two attached hydrogens (primary N) is 1. The Bertz CT molecular complexity index is 382. The number of nitrogens with zero attached hydrogens (tertiary/aromatic N) is 1. The molecule has 0 spiro atoms. The lowest BCUT2D eigenvalue weighted by atomic mass is 10.0. The van der Waals surface area contributed by atoms with E-state index in [1.165, 1.54) is 0 Å². The molecule has 0 aliphatic rings. The first-order valence-corrected chi connectivity index (χ1v) is 8.28. The Morgan fingerprint density at radius 3 is 2.40 bits per heavy atom. The first-order valence-electron chi connectivity index (χ1n) is 7.48. The second kappa shape index (κ2) is 9.50. The van der Waals surface area contributed by atoms with Crippen molar-refractivity contribution in [3.05, 3.63) is 34.3 Å². The summed E-state index contributed by atoms with van der Waals surface area (Å²) in [4.78, 5) is 2.36. The Morgan fingerprint density at radius 1 is 1.20 bits per heavy atom. The van der Waals surface area contributed by atoms with Crippen LogP contribution in [0.15, 0.2) is 28.7 Å². The molecule has 1 atom stereocenters. The van der Waals surface area contributed by atoms with Crippen molar-refractivity contribution in [2.45, 2.75) is 45.2 Å². The Hall–Kier alpha value is -0.420. The number of halogens is 1. The molecule has 114 valence electrons. The van der Waals surface area contributed by atoms with Gasteiger partial charge in [-0.2, -0.15) is 0 Å². The largest absolute Gasteiger partial charge is 0.395 e. The first-order chi connectivity index (χ1) is 9.63. The molecule has 0 fully saturated rings. The van der Waals surface area contributed by atoms with Gasteiger partial charge in [0.2, 0.25) is 0 Å². The number of aliphatic hydroxyl groups excluding tert-OH is 1. The van der Waals surface area contributed by atoms with Gasteiger partial charge in [0.1, 0.15) is 0 Å². The van der Waals surface area contributed by atoms with Crippen LogP contribution in [0.3, 0.4) is 0 Å². The van der Waals surface area contributed by atoms with Crippen molar-refractivity contribution in [1.82, 2.24) is 4.90 Å². The van der Waals surface area contributed by atoms with Crippen molar-refractivity contribution in [1.29, 1.82) is 0 Å². The van der Waals surface area contributed by atoms with Gasteiger partial charge >= 0.3 is 0 Å². The zero-order chi connectivity index (χ0) is 15.0. The summed E-state index contributed by atoms with van der Waals surface area (Å²) in [6, 6.07) is 8.69. The van der Waals surface area contributed by atoms with Gasteiger partial charge in [-0.3, -0.25) is 4.90 Å². The normalized spacial score (nSPS) is 13.2. The molecule has 0 saturated heterocycles. The van der Waals surface area contributed by atoms with Crippen LogP contribution in [0.1, 0.15) is 44.7 Å². The van der Waals surface area contributed by atoms with Crippen LogP contribution in [0.5, 0.6) is 0 Å². The topological polar surface area (TPSA) is 49.5 Å². The molecule has 0 heterocycles. The van der Waals surface area contributed by atoms with Gasteiger partial charge in [-0.15, -0.1) is 0 Å². The summed E-state index contributed by atoms with van der Waals surface area (Å²) < 4.78 is 1.07. The summed E-state index contributed by atoms with van der Waals surface area (Å²) in [5.41, 5.74) is 7.46. The van der Waals surface area contributed by atoms with Crippen molar-refractivity contribution in [2.75, 3.05) is 19.7 Å². The number of rotatable bonds is 9. The molecular weight excluding hydrogens is 316 g/mol. The van der Waals surface area contributed by atoms with E-state index in [-0.39, 0.29) is 12.6 Å². The smallest absolute Gasteiger partial charge is 0.0558 e. The molecule has 1 aromatic rings. The van der Waals surface area contributed by atoms with E-state index < -0.39 is 0 Å². The third kappa shape index (κ3) is 5.17. The molecule has 3 nitrogen and oxygen atoms in total. The molecule has 0 saturated carbocycles. The van der Waals surface area contributed by atoms with Gasteiger partial charge in [0.05, 0.1) is 6.61 Å². The fourth-order valence-electron chi connectivity index (χ4n) is 2.65. The lowest BCUT2D eigenvalue weighted by Gasteiger charge is -2.30. The summed E-state index contributed by atoms with van der Waals surface area (Å²) in [6.45, 7) is 6.27. The molecule has 0 aliphatic carbocycles. The zero-order valence-electron chi connectivity index (χ0n) is 12.6. The molecule has 0 aromatic heterocycles. The van der Waals surface area contributed by atoms with Gasteiger partial charge in [0, 0.05) is 29.6 Å². The fraction of sp³-hybridized carbons (Fsp3) is 0.625. The maximum atomic E-state index is 9.22. The summed E-state index contributed by atoms with van der Waals surface area (Å²) in [6.07, 6.45) is 3.13. The summed E-state index contributed by atoms with van der Waals surface area (Å²) in [5, 5.41) is 9.22. The minimum Gasteiger partial charge on any atom is -0.395 e. The molecule has 4 heteroatoms. The van der Waals surface area contributed by atoms with Crippen molar-refractivity contribution < 1.29 is 5.11 Å². The SMILES string of the molecule is CCC(CC)N(CCO)CCC(N)c1ccccc1Br. The van der Waals surface area contributed by atoms with Crippen molar-refractivity contribution in [3.8, 4) is 0 Å². The highest BCUT2D eigenvalue weighted by atomic mass is 79.9. The lowest BCUT2D eigenvalue weighted by Crippen LogP contribution is -2.38. The number of aliphatic hydroxyl groups is 1. The highest BCUT2D eigenvalue weighted by Gasteiger charge is 2.17. The van der Waals surface area contributed by atoms with Gasteiger partial charge in [-0.25, -0.2) is 0 Å². The highest BCUT2D eigenvalue weighted by Crippen LogP contribution is 2.24. The van der Waals surface area contributed by atoms with Crippen LogP contribution in [0.4, 0.5) is 0 Å². The molecule has 1 rings (SSSR count). The van der Waals surface area contributed by atoms with Crippen LogP contribution in [-0.2, 0) is 0 Å². The van der Waals surface area contributed by atoms with E-state index in [1.54, 1.807) is 0 Å². The van der Waals surface area contributed by atoms with Crippen molar-refractivity contribution >= 4 is 15.9 Å². The number of benzene rings is 1. The zero-order valence-corrected chi connectivity index (χ0v) is 14.1. The van der Waals surface area contributed by atoms with E-state index in [0.717, 1.165) is 42.4 Å². The minimum absolute atomic E-state index is 0.0288. The predicted molar refractivity (Wildman–Crippen MR) is 88.7 cm³/mol. The molecule has 0 radical (unpaired) electrons.